The highest BCUT2D eigenvalue weighted by Gasteiger charge is 2.58. The number of benzene rings is 3. The second-order valence-electron chi connectivity index (χ2n) is 10.3. The molecule has 224 valence electrons. The van der Waals surface area contributed by atoms with Crippen LogP contribution in [-0.4, -0.2) is 77.8 Å². The number of nitro benzene ring substituents is 2. The van der Waals surface area contributed by atoms with Crippen LogP contribution in [0, 0.1) is 20.2 Å². The minimum Gasteiger partial charge on any atom is -0.481 e. The molecule has 3 aromatic rings. The van der Waals surface area contributed by atoms with Crippen LogP contribution in [-0.2, 0) is 16.0 Å². The fourth-order valence-electron chi connectivity index (χ4n) is 5.48. The number of amides is 3. The number of likely N-dealkylation sites (tertiary alicyclic amines) is 1. The number of carboxylic acid groups (broad SMARTS) is 1. The maximum atomic E-state index is 13.8. The fourth-order valence-corrected chi connectivity index (χ4v) is 5.48. The zero-order valence-corrected chi connectivity index (χ0v) is 22.8. The third-order valence-electron chi connectivity index (χ3n) is 7.61. The van der Waals surface area contributed by atoms with Crippen LogP contribution >= 0.6 is 0 Å². The summed E-state index contributed by atoms with van der Waals surface area (Å²) in [5, 5.41) is 42.8. The number of aliphatic hydroxyl groups is 1. The maximum absolute atomic E-state index is 13.8. The molecule has 0 bridgehead atoms. The number of rotatable bonds is 11. The number of carbonyl (C=O) groups excluding carboxylic acids is 3. The molecular formula is C30H24N4O10. The van der Waals surface area contributed by atoms with Gasteiger partial charge in [-0.2, -0.15) is 0 Å². The Bertz CT molecular complexity index is 1710. The molecule has 14 heteroatoms. The molecule has 5 rings (SSSR count). The lowest BCUT2D eigenvalue weighted by molar-refractivity contribution is -0.385. The second kappa shape index (κ2) is 11.9. The number of β-lactam (4-membered cyclic amide) rings is 1. The van der Waals surface area contributed by atoms with E-state index in [1.165, 1.54) is 29.2 Å². The van der Waals surface area contributed by atoms with Crippen molar-refractivity contribution in [3.63, 3.8) is 0 Å². The quantitative estimate of drug-likeness (QED) is 0.143. The lowest BCUT2D eigenvalue weighted by atomic mass is 9.85. The average molecular weight is 601 g/mol. The molecule has 0 aliphatic carbocycles. The van der Waals surface area contributed by atoms with E-state index in [0.717, 1.165) is 23.1 Å². The number of hydrogen-bond donors (Lipinski definition) is 2. The van der Waals surface area contributed by atoms with Crippen molar-refractivity contribution in [3.05, 3.63) is 121 Å². The number of carboxylic acids is 1. The van der Waals surface area contributed by atoms with Gasteiger partial charge in [0.1, 0.15) is 6.04 Å². The lowest BCUT2D eigenvalue weighted by Crippen LogP contribution is -2.74. The molecule has 2 heterocycles. The number of carbonyl (C=O) groups is 4. The first kappa shape index (κ1) is 29.7. The van der Waals surface area contributed by atoms with E-state index in [9.17, 15) is 49.6 Å². The Kier molecular flexibility index (Phi) is 8.01. The highest BCUT2D eigenvalue weighted by atomic mass is 16.6. The third kappa shape index (κ3) is 5.53. The van der Waals surface area contributed by atoms with E-state index in [0.29, 0.717) is 11.1 Å². The van der Waals surface area contributed by atoms with Crippen LogP contribution in [0.4, 0.5) is 11.4 Å². The molecule has 2 aliphatic heterocycles. The molecule has 44 heavy (non-hydrogen) atoms. The summed E-state index contributed by atoms with van der Waals surface area (Å²) in [5.74, 6) is -3.82. The molecule has 14 nitrogen and oxygen atoms in total. The van der Waals surface area contributed by atoms with Gasteiger partial charge in [0.2, 0.25) is 5.91 Å². The standard InChI is InChI=1S/C30H24N4O10/c35-25(16-26(36)37)24(14-18-6-9-19(10-7-18)33(41)42)31-23(13-8-17-4-2-1-3-5-17)27(30(31)40)32-28(38)21-12-11-20(34(43)44)15-22(21)29(32)39/h1-13,15,23-25,27,35H,14,16H2,(H,36,37)/t23?,24?,25-,27?/m0/s1. The van der Waals surface area contributed by atoms with Crippen molar-refractivity contribution < 1.29 is 39.2 Å². The fraction of sp³-hybridized carbons (Fsp3) is 0.200. The molecule has 0 saturated carbocycles. The van der Waals surface area contributed by atoms with Gasteiger partial charge in [0.15, 0.2) is 0 Å². The predicted molar refractivity (Wildman–Crippen MR) is 152 cm³/mol. The van der Waals surface area contributed by atoms with E-state index in [2.05, 4.69) is 0 Å². The Labute approximate surface area is 248 Å². The van der Waals surface area contributed by atoms with Crippen molar-refractivity contribution in [2.75, 3.05) is 0 Å². The van der Waals surface area contributed by atoms with Gasteiger partial charge in [-0.3, -0.25) is 44.3 Å². The normalized spacial score (nSPS) is 19.1. The summed E-state index contributed by atoms with van der Waals surface area (Å²) in [5.41, 5.74) is 0.238. The van der Waals surface area contributed by atoms with Gasteiger partial charge in [0.25, 0.3) is 23.2 Å². The van der Waals surface area contributed by atoms with Gasteiger partial charge < -0.3 is 15.1 Å². The molecule has 3 amide bonds. The monoisotopic (exact) mass is 600 g/mol. The lowest BCUT2D eigenvalue weighted by Gasteiger charge is -2.53. The summed E-state index contributed by atoms with van der Waals surface area (Å²) in [6, 6.07) is 13.8. The largest absolute Gasteiger partial charge is 0.481 e. The Morgan fingerprint density at radius 3 is 2.11 bits per heavy atom. The number of aliphatic hydroxyl groups excluding tert-OH is 1. The number of nitrogens with zero attached hydrogens (tertiary/aromatic N) is 4. The zero-order chi connectivity index (χ0) is 31.7. The van der Waals surface area contributed by atoms with Crippen molar-refractivity contribution >= 4 is 41.1 Å². The zero-order valence-electron chi connectivity index (χ0n) is 22.8. The van der Waals surface area contributed by atoms with Crippen LogP contribution in [0.2, 0.25) is 0 Å². The summed E-state index contributed by atoms with van der Waals surface area (Å²) in [4.78, 5) is 75.2. The maximum Gasteiger partial charge on any atom is 0.306 e. The molecule has 1 fully saturated rings. The van der Waals surface area contributed by atoms with Crippen molar-refractivity contribution in [2.45, 2.75) is 37.1 Å². The molecule has 1 saturated heterocycles. The third-order valence-corrected chi connectivity index (χ3v) is 7.61. The highest BCUT2D eigenvalue weighted by Crippen LogP contribution is 2.37. The van der Waals surface area contributed by atoms with Crippen LogP contribution in [0.1, 0.15) is 38.3 Å². The van der Waals surface area contributed by atoms with Crippen LogP contribution < -0.4 is 0 Å². The first-order chi connectivity index (χ1) is 21.0. The molecule has 2 aliphatic rings. The van der Waals surface area contributed by atoms with E-state index in [-0.39, 0.29) is 23.2 Å². The number of hydrogen-bond acceptors (Lipinski definition) is 9. The summed E-state index contributed by atoms with van der Waals surface area (Å²) in [7, 11) is 0. The first-order valence-corrected chi connectivity index (χ1v) is 13.3. The predicted octanol–water partition coefficient (Wildman–Crippen LogP) is 2.84. The van der Waals surface area contributed by atoms with Gasteiger partial charge in [0, 0.05) is 24.3 Å². The van der Waals surface area contributed by atoms with E-state index in [4.69, 9.17) is 0 Å². The Morgan fingerprint density at radius 2 is 1.50 bits per heavy atom. The van der Waals surface area contributed by atoms with Crippen molar-refractivity contribution in [2.24, 2.45) is 0 Å². The molecule has 3 aromatic carbocycles. The second-order valence-corrected chi connectivity index (χ2v) is 10.3. The van der Waals surface area contributed by atoms with Crippen molar-refractivity contribution in [1.29, 1.82) is 0 Å². The first-order valence-electron chi connectivity index (χ1n) is 13.3. The minimum absolute atomic E-state index is 0.102. The van der Waals surface area contributed by atoms with Gasteiger partial charge in [-0.05, 0) is 23.6 Å². The van der Waals surface area contributed by atoms with Crippen LogP contribution in [0.25, 0.3) is 6.08 Å². The van der Waals surface area contributed by atoms with E-state index in [1.54, 1.807) is 42.5 Å². The SMILES string of the molecule is O=C(O)C[C@H](O)C(Cc1ccc([N+](=O)[O-])cc1)N1C(=O)C(N2C(=O)c3ccc([N+](=O)[O-])cc3C2=O)C1C=Cc1ccccc1. The molecular weight excluding hydrogens is 576 g/mol. The average Bonchev–Trinajstić information content (AvgIpc) is 3.23. The van der Waals surface area contributed by atoms with Gasteiger partial charge in [-0.25, -0.2) is 0 Å². The Hall–Kier alpha value is -5.76. The summed E-state index contributed by atoms with van der Waals surface area (Å²) < 4.78 is 0. The van der Waals surface area contributed by atoms with Crippen LogP contribution in [0.15, 0.2) is 78.9 Å². The number of aliphatic carboxylic acids is 1. The topological polar surface area (TPSA) is 201 Å². The summed E-state index contributed by atoms with van der Waals surface area (Å²) in [6.45, 7) is 0. The molecule has 3 unspecified atom stereocenters. The molecule has 0 aromatic heterocycles. The van der Waals surface area contributed by atoms with E-state index >= 15 is 0 Å². The molecule has 2 N–H and O–H groups in total. The molecule has 0 radical (unpaired) electrons. The van der Waals surface area contributed by atoms with Gasteiger partial charge in [-0.1, -0.05) is 54.6 Å². The molecule has 0 spiro atoms. The van der Waals surface area contributed by atoms with E-state index < -0.39 is 69.9 Å². The van der Waals surface area contributed by atoms with Crippen molar-refractivity contribution in [3.8, 4) is 0 Å². The summed E-state index contributed by atoms with van der Waals surface area (Å²) >= 11 is 0. The van der Waals surface area contributed by atoms with Gasteiger partial charge in [0.05, 0.1) is 45.6 Å². The van der Waals surface area contributed by atoms with Crippen molar-refractivity contribution in [1.82, 2.24) is 9.80 Å². The van der Waals surface area contributed by atoms with Gasteiger partial charge >= 0.3 is 5.97 Å². The number of fused-ring (bicyclic) bond motifs is 1. The van der Waals surface area contributed by atoms with Crippen LogP contribution in [0.5, 0.6) is 0 Å². The van der Waals surface area contributed by atoms with Crippen LogP contribution in [0.3, 0.4) is 0 Å². The number of nitro groups is 2. The summed E-state index contributed by atoms with van der Waals surface area (Å²) in [6.07, 6.45) is 0.772. The Morgan fingerprint density at radius 1 is 0.886 bits per heavy atom. The van der Waals surface area contributed by atoms with E-state index in [1.807, 2.05) is 0 Å². The number of non-ortho nitro benzene ring substituents is 2. The highest BCUT2D eigenvalue weighted by molar-refractivity contribution is 6.23. The smallest absolute Gasteiger partial charge is 0.306 e. The van der Waals surface area contributed by atoms with Gasteiger partial charge in [-0.15, -0.1) is 0 Å². The minimum atomic E-state index is -1.59. The number of imide groups is 1. The Balaban J connectivity index is 1.53. The molecule has 4 atom stereocenters.